The Hall–Kier alpha value is -2.84. The van der Waals surface area contributed by atoms with Crippen LogP contribution in [0.5, 0.6) is 0 Å². The third-order valence-electron chi connectivity index (χ3n) is 7.55. The number of benzene rings is 1. The Kier molecular flexibility index (Phi) is 11.1. The van der Waals surface area contributed by atoms with Gasteiger partial charge >= 0.3 is 6.09 Å². The molecule has 1 aliphatic heterocycles. The molecule has 14 heteroatoms. The van der Waals surface area contributed by atoms with Crippen LogP contribution in [0.4, 0.5) is 13.6 Å². The number of halogens is 2. The summed E-state index contributed by atoms with van der Waals surface area (Å²) in [5.74, 6) is -5.19. The largest absolute Gasteiger partial charge is 0.441 e. The molecule has 1 heterocycles. The van der Waals surface area contributed by atoms with Crippen molar-refractivity contribution in [2.75, 3.05) is 6.54 Å². The molecule has 230 valence electrons. The topological polar surface area (TPSA) is 171 Å². The summed E-state index contributed by atoms with van der Waals surface area (Å²) in [6.45, 7) is 3.92. The predicted octanol–water partition coefficient (Wildman–Crippen LogP) is 2.91. The molecular formula is C27H39F2N3O8S. The molecule has 1 saturated carbocycles. The molecule has 0 spiro atoms. The summed E-state index contributed by atoms with van der Waals surface area (Å²) in [6.07, 6.45) is -2.02. The third kappa shape index (κ3) is 9.60. The molecule has 5 N–H and O–H groups in total. The summed E-state index contributed by atoms with van der Waals surface area (Å²) in [5, 5.41) is 17.7. The highest BCUT2D eigenvalue weighted by Crippen LogP contribution is 2.42. The van der Waals surface area contributed by atoms with Gasteiger partial charge in [-0.05, 0) is 43.6 Å². The molecule has 1 aromatic rings. The van der Waals surface area contributed by atoms with Crippen molar-refractivity contribution in [2.24, 2.45) is 17.8 Å². The van der Waals surface area contributed by atoms with E-state index in [0.717, 1.165) is 0 Å². The minimum Gasteiger partial charge on any atom is -0.441 e. The first-order valence-electron chi connectivity index (χ1n) is 13.8. The first kappa shape index (κ1) is 32.7. The quantitative estimate of drug-likeness (QED) is 0.227. The number of ether oxygens (including phenoxy) is 1. The number of amides is 3. The molecule has 0 radical (unpaired) electrons. The average Bonchev–Trinajstić information content (AvgIpc) is 3.30. The Bertz CT molecular complexity index is 1160. The summed E-state index contributed by atoms with van der Waals surface area (Å²) in [4.78, 5) is 38.4. The van der Waals surface area contributed by atoms with Gasteiger partial charge in [-0.1, -0.05) is 44.2 Å². The number of aliphatic hydroxyl groups excluding tert-OH is 1. The Morgan fingerprint density at radius 2 is 1.76 bits per heavy atom. The van der Waals surface area contributed by atoms with Crippen LogP contribution in [-0.4, -0.2) is 66.0 Å². The van der Waals surface area contributed by atoms with Gasteiger partial charge in [-0.25, -0.2) is 13.6 Å². The lowest BCUT2D eigenvalue weighted by Crippen LogP contribution is -2.55. The number of hydrogen-bond acceptors (Lipinski definition) is 7. The number of hydrogen-bond donors (Lipinski definition) is 5. The van der Waals surface area contributed by atoms with Gasteiger partial charge in [0.2, 0.25) is 23.2 Å². The van der Waals surface area contributed by atoms with Crippen molar-refractivity contribution in [1.29, 1.82) is 0 Å². The van der Waals surface area contributed by atoms with Crippen molar-refractivity contribution >= 4 is 28.0 Å². The lowest BCUT2D eigenvalue weighted by atomic mass is 9.81. The van der Waals surface area contributed by atoms with Gasteiger partial charge in [0.25, 0.3) is 10.1 Å². The van der Waals surface area contributed by atoms with E-state index in [1.807, 2.05) is 0 Å². The molecule has 1 aliphatic carbocycles. The molecular weight excluding hydrogens is 564 g/mol. The van der Waals surface area contributed by atoms with Crippen LogP contribution in [0.1, 0.15) is 70.5 Å². The van der Waals surface area contributed by atoms with Crippen molar-refractivity contribution in [3.05, 3.63) is 35.9 Å². The molecule has 2 fully saturated rings. The number of aliphatic hydroxyl groups is 1. The summed E-state index contributed by atoms with van der Waals surface area (Å²) in [7, 11) is -5.00. The molecule has 5 atom stereocenters. The second-order valence-electron chi connectivity index (χ2n) is 11.3. The van der Waals surface area contributed by atoms with Crippen LogP contribution >= 0.6 is 0 Å². The monoisotopic (exact) mass is 603 g/mol. The van der Waals surface area contributed by atoms with Crippen molar-refractivity contribution in [2.45, 2.75) is 88.3 Å². The van der Waals surface area contributed by atoms with Gasteiger partial charge < -0.3 is 25.8 Å². The van der Waals surface area contributed by atoms with Gasteiger partial charge in [-0.2, -0.15) is 8.42 Å². The van der Waals surface area contributed by atoms with Crippen LogP contribution in [0.2, 0.25) is 0 Å². The zero-order chi connectivity index (χ0) is 30.4. The van der Waals surface area contributed by atoms with Crippen LogP contribution in [-0.2, 0) is 24.4 Å². The fraction of sp³-hybridized carbons (Fsp3) is 0.667. The lowest BCUT2D eigenvalue weighted by Gasteiger charge is -2.34. The summed E-state index contributed by atoms with van der Waals surface area (Å²) < 4.78 is 66.2. The summed E-state index contributed by atoms with van der Waals surface area (Å²) in [6, 6.07) is 5.92. The van der Waals surface area contributed by atoms with Gasteiger partial charge in [0.1, 0.15) is 12.1 Å². The molecule has 0 bridgehead atoms. The van der Waals surface area contributed by atoms with E-state index < -0.39 is 57.6 Å². The van der Waals surface area contributed by atoms with Gasteiger partial charge in [0.15, 0.2) is 0 Å². The molecule has 1 aromatic carbocycles. The normalized spacial score (nSPS) is 22.3. The standard InChI is InChI=1S/C27H39F2N3O8S/c1-16(2)14-20(24(34)31-21(25(35)41(37,38)39)15-19-10-13-30-23(19)33)32-26(36)40-22(17-6-4-3-5-7-17)18-8-11-27(28,29)12-9-18/h3-7,16,18-22,25,35H,8-15H2,1-2H3,(H,30,33)(H,31,34)(H,32,36)(H,37,38,39)/t19-,20?,21?,22?,25?/m0/s1. The fourth-order valence-electron chi connectivity index (χ4n) is 5.35. The molecule has 3 rings (SSSR count). The Labute approximate surface area is 238 Å². The lowest BCUT2D eigenvalue weighted by molar-refractivity contribution is -0.126. The van der Waals surface area contributed by atoms with Crippen LogP contribution in [0.25, 0.3) is 0 Å². The maximum Gasteiger partial charge on any atom is 0.408 e. The molecule has 4 unspecified atom stereocenters. The zero-order valence-electron chi connectivity index (χ0n) is 23.1. The third-order valence-corrected chi connectivity index (χ3v) is 8.48. The first-order chi connectivity index (χ1) is 19.2. The van der Waals surface area contributed by atoms with E-state index in [0.29, 0.717) is 18.5 Å². The fourth-order valence-corrected chi connectivity index (χ4v) is 5.95. The van der Waals surface area contributed by atoms with E-state index >= 15 is 0 Å². The van der Waals surface area contributed by atoms with E-state index in [2.05, 4.69) is 16.0 Å². The van der Waals surface area contributed by atoms with Crippen LogP contribution in [0.3, 0.4) is 0 Å². The van der Waals surface area contributed by atoms with Crippen molar-refractivity contribution < 1.29 is 46.0 Å². The highest BCUT2D eigenvalue weighted by atomic mass is 32.2. The van der Waals surface area contributed by atoms with Crippen LogP contribution < -0.4 is 16.0 Å². The van der Waals surface area contributed by atoms with E-state index in [9.17, 15) is 41.2 Å². The maximum absolute atomic E-state index is 13.8. The van der Waals surface area contributed by atoms with Gasteiger partial charge in [-0.15, -0.1) is 0 Å². The minimum absolute atomic E-state index is 0.102. The molecule has 41 heavy (non-hydrogen) atoms. The van der Waals surface area contributed by atoms with Crippen LogP contribution in [0, 0.1) is 17.8 Å². The highest BCUT2D eigenvalue weighted by molar-refractivity contribution is 7.86. The number of carbonyl (C=O) groups excluding carboxylic acids is 3. The van der Waals surface area contributed by atoms with Gasteiger partial charge in [0.05, 0.1) is 6.04 Å². The number of carbonyl (C=O) groups is 3. The van der Waals surface area contributed by atoms with Crippen molar-refractivity contribution in [1.82, 2.24) is 16.0 Å². The molecule has 2 aliphatic rings. The maximum atomic E-state index is 13.8. The molecule has 0 aromatic heterocycles. The zero-order valence-corrected chi connectivity index (χ0v) is 23.9. The number of alkyl halides is 2. The van der Waals surface area contributed by atoms with E-state index in [4.69, 9.17) is 4.74 Å². The smallest absolute Gasteiger partial charge is 0.408 e. The summed E-state index contributed by atoms with van der Waals surface area (Å²) in [5.41, 5.74) is -1.78. The second-order valence-corrected chi connectivity index (χ2v) is 12.8. The van der Waals surface area contributed by atoms with Gasteiger partial charge in [0, 0.05) is 31.2 Å². The van der Waals surface area contributed by atoms with Gasteiger partial charge in [-0.3, -0.25) is 14.1 Å². The second kappa shape index (κ2) is 13.9. The van der Waals surface area contributed by atoms with Crippen molar-refractivity contribution in [3.8, 4) is 0 Å². The van der Waals surface area contributed by atoms with Crippen molar-refractivity contribution in [3.63, 3.8) is 0 Å². The van der Waals surface area contributed by atoms with E-state index in [-0.39, 0.29) is 56.3 Å². The number of rotatable bonds is 12. The number of alkyl carbamates (subject to hydrolysis) is 1. The predicted molar refractivity (Wildman–Crippen MR) is 144 cm³/mol. The average molecular weight is 604 g/mol. The Balaban J connectivity index is 1.75. The Morgan fingerprint density at radius 1 is 1.12 bits per heavy atom. The first-order valence-corrected chi connectivity index (χ1v) is 15.3. The SMILES string of the molecule is CC(C)CC(NC(=O)OC(c1ccccc1)C1CCC(F)(F)CC1)C(=O)NC(C[C@@H]1CCNC1=O)C(O)S(=O)(=O)O. The number of nitrogens with one attached hydrogen (secondary N) is 3. The molecule has 3 amide bonds. The van der Waals surface area contributed by atoms with E-state index in [1.54, 1.807) is 44.2 Å². The Morgan fingerprint density at radius 3 is 2.29 bits per heavy atom. The minimum atomic E-state index is -5.00. The molecule has 1 saturated heterocycles. The summed E-state index contributed by atoms with van der Waals surface area (Å²) >= 11 is 0. The molecule has 11 nitrogen and oxygen atoms in total. The highest BCUT2D eigenvalue weighted by Gasteiger charge is 2.41. The van der Waals surface area contributed by atoms with E-state index in [1.165, 1.54) is 0 Å². The van der Waals surface area contributed by atoms with Crippen LogP contribution in [0.15, 0.2) is 30.3 Å².